The van der Waals surface area contributed by atoms with Crippen molar-refractivity contribution in [3.05, 3.63) is 54.0 Å². The number of aryl methyl sites for hydroxylation is 1. The molecule has 1 fully saturated rings. The zero-order valence-electron chi connectivity index (χ0n) is 14.3. The maximum Gasteiger partial charge on any atom is 0.111 e. The molecule has 0 amide bonds. The van der Waals surface area contributed by atoms with Crippen molar-refractivity contribution in [1.82, 2.24) is 14.8 Å². The number of nitriles is 1. The Balaban J connectivity index is 1.80. The van der Waals surface area contributed by atoms with Crippen molar-refractivity contribution in [2.45, 2.75) is 12.5 Å². The van der Waals surface area contributed by atoms with Crippen molar-refractivity contribution in [2.75, 3.05) is 24.6 Å². The van der Waals surface area contributed by atoms with Crippen LogP contribution in [0.1, 0.15) is 18.1 Å². The zero-order chi connectivity index (χ0) is 17.4. The van der Waals surface area contributed by atoms with Gasteiger partial charge in [0.05, 0.1) is 36.1 Å². The van der Waals surface area contributed by atoms with E-state index in [1.165, 1.54) is 0 Å². The van der Waals surface area contributed by atoms with Crippen LogP contribution in [0.5, 0.6) is 0 Å². The van der Waals surface area contributed by atoms with Gasteiger partial charge < -0.3 is 9.64 Å². The fourth-order valence-corrected chi connectivity index (χ4v) is 3.48. The van der Waals surface area contributed by atoms with Crippen LogP contribution in [-0.4, -0.2) is 34.5 Å². The molecule has 6 heteroatoms. The molecule has 2 aromatic heterocycles. The molecule has 3 heterocycles. The molecule has 1 saturated heterocycles. The molecule has 0 aliphatic carbocycles. The van der Waals surface area contributed by atoms with E-state index in [0.717, 1.165) is 28.7 Å². The number of pyridine rings is 1. The molecule has 126 valence electrons. The average molecular weight is 333 g/mol. The number of hydrogen-bond acceptors (Lipinski definition) is 5. The van der Waals surface area contributed by atoms with Gasteiger partial charge in [-0.2, -0.15) is 10.4 Å². The highest BCUT2D eigenvalue weighted by Gasteiger charge is 2.36. The summed E-state index contributed by atoms with van der Waals surface area (Å²) in [7, 11) is 1.90. The molecular weight excluding hydrogens is 314 g/mol. The van der Waals surface area contributed by atoms with Gasteiger partial charge in [0.2, 0.25) is 0 Å². The van der Waals surface area contributed by atoms with E-state index in [-0.39, 0.29) is 0 Å². The van der Waals surface area contributed by atoms with Crippen LogP contribution in [-0.2, 0) is 17.4 Å². The number of rotatable bonds is 2. The molecule has 4 rings (SSSR count). The van der Waals surface area contributed by atoms with Crippen LogP contribution in [0.25, 0.3) is 10.9 Å². The summed E-state index contributed by atoms with van der Waals surface area (Å²) in [5.74, 6) is 0. The first-order chi connectivity index (χ1) is 12.1. The Morgan fingerprint density at radius 1 is 1.28 bits per heavy atom. The number of para-hydroxylation sites is 1. The number of hydrogen-bond donors (Lipinski definition) is 0. The highest BCUT2D eigenvalue weighted by Crippen LogP contribution is 2.35. The second-order valence-corrected chi connectivity index (χ2v) is 6.55. The lowest BCUT2D eigenvalue weighted by molar-refractivity contribution is -0.0465. The summed E-state index contributed by atoms with van der Waals surface area (Å²) in [5, 5.41) is 14.9. The van der Waals surface area contributed by atoms with Gasteiger partial charge in [-0.3, -0.25) is 9.67 Å². The van der Waals surface area contributed by atoms with Crippen molar-refractivity contribution < 1.29 is 4.74 Å². The molecule has 0 N–H and O–H groups in total. The number of nitrogens with zero attached hydrogens (tertiary/aromatic N) is 5. The molecule has 1 atom stereocenters. The predicted octanol–water partition coefficient (Wildman–Crippen LogP) is 2.59. The summed E-state index contributed by atoms with van der Waals surface area (Å²) in [6.45, 7) is 4.05. The fraction of sp³-hybridized carbons (Fsp3) is 0.316. The Hall–Kier alpha value is -2.91. The van der Waals surface area contributed by atoms with Crippen LogP contribution in [0.2, 0.25) is 0 Å². The Labute approximate surface area is 146 Å². The van der Waals surface area contributed by atoms with E-state index in [2.05, 4.69) is 28.0 Å². The van der Waals surface area contributed by atoms with E-state index in [9.17, 15) is 5.26 Å². The van der Waals surface area contributed by atoms with Crippen molar-refractivity contribution in [2.24, 2.45) is 7.05 Å². The van der Waals surface area contributed by atoms with Gasteiger partial charge in [-0.25, -0.2) is 0 Å². The third kappa shape index (κ3) is 2.63. The maximum absolute atomic E-state index is 9.60. The molecule has 0 radical (unpaired) electrons. The second kappa shape index (κ2) is 5.87. The lowest BCUT2D eigenvalue weighted by Crippen LogP contribution is -2.48. The Kier molecular flexibility index (Phi) is 3.66. The molecule has 0 bridgehead atoms. The summed E-state index contributed by atoms with van der Waals surface area (Å²) >= 11 is 0. The topological polar surface area (TPSA) is 67.0 Å². The van der Waals surface area contributed by atoms with Crippen LogP contribution in [0.15, 0.2) is 42.9 Å². The lowest BCUT2D eigenvalue weighted by Gasteiger charge is -2.41. The number of morpholine rings is 1. The molecule has 1 unspecified atom stereocenters. The van der Waals surface area contributed by atoms with Crippen LogP contribution < -0.4 is 4.90 Å². The highest BCUT2D eigenvalue weighted by atomic mass is 16.5. The van der Waals surface area contributed by atoms with Gasteiger partial charge in [0.25, 0.3) is 0 Å². The van der Waals surface area contributed by atoms with Gasteiger partial charge in [-0.15, -0.1) is 0 Å². The third-order valence-corrected chi connectivity index (χ3v) is 4.77. The number of aromatic nitrogens is 3. The number of benzene rings is 1. The molecular formula is C19H19N5O. The van der Waals surface area contributed by atoms with Crippen LogP contribution in [0.3, 0.4) is 0 Å². The van der Waals surface area contributed by atoms with Crippen molar-refractivity contribution >= 4 is 16.6 Å². The summed E-state index contributed by atoms with van der Waals surface area (Å²) < 4.78 is 7.89. The van der Waals surface area contributed by atoms with E-state index in [4.69, 9.17) is 4.74 Å². The van der Waals surface area contributed by atoms with Gasteiger partial charge in [0.1, 0.15) is 11.7 Å². The van der Waals surface area contributed by atoms with Crippen molar-refractivity contribution in [1.29, 1.82) is 5.26 Å². The first kappa shape index (κ1) is 15.6. The first-order valence-electron chi connectivity index (χ1n) is 8.26. The third-order valence-electron chi connectivity index (χ3n) is 4.77. The Morgan fingerprint density at radius 2 is 2.12 bits per heavy atom. The number of ether oxygens (including phenoxy) is 1. The van der Waals surface area contributed by atoms with Gasteiger partial charge in [-0.1, -0.05) is 18.2 Å². The lowest BCUT2D eigenvalue weighted by atomic mass is 9.95. The molecule has 3 aromatic rings. The quantitative estimate of drug-likeness (QED) is 0.721. The van der Waals surface area contributed by atoms with Crippen molar-refractivity contribution in [3.63, 3.8) is 0 Å². The molecule has 1 aliphatic heterocycles. The minimum atomic E-state index is -0.469. The van der Waals surface area contributed by atoms with Crippen LogP contribution >= 0.6 is 0 Å². The Bertz CT molecular complexity index is 973. The largest absolute Gasteiger partial charge is 0.367 e. The number of anilines is 1. The Morgan fingerprint density at radius 3 is 2.88 bits per heavy atom. The van der Waals surface area contributed by atoms with Gasteiger partial charge in [-0.05, 0) is 13.0 Å². The highest BCUT2D eigenvalue weighted by molar-refractivity contribution is 5.94. The minimum absolute atomic E-state index is 0.469. The molecule has 6 nitrogen and oxygen atoms in total. The van der Waals surface area contributed by atoms with Gasteiger partial charge >= 0.3 is 0 Å². The van der Waals surface area contributed by atoms with E-state index in [1.54, 1.807) is 10.9 Å². The summed E-state index contributed by atoms with van der Waals surface area (Å²) in [6.07, 6.45) is 5.49. The molecule has 0 spiro atoms. The van der Waals surface area contributed by atoms with E-state index in [1.807, 2.05) is 43.7 Å². The van der Waals surface area contributed by atoms with Crippen molar-refractivity contribution in [3.8, 4) is 6.07 Å². The average Bonchev–Trinajstić information content (AvgIpc) is 3.08. The maximum atomic E-state index is 9.60. The predicted molar refractivity (Wildman–Crippen MR) is 95.2 cm³/mol. The monoisotopic (exact) mass is 333 g/mol. The van der Waals surface area contributed by atoms with Gasteiger partial charge in [0.15, 0.2) is 0 Å². The van der Waals surface area contributed by atoms with E-state index < -0.39 is 5.60 Å². The summed E-state index contributed by atoms with van der Waals surface area (Å²) in [6, 6.07) is 10.2. The molecule has 1 aliphatic rings. The standard InChI is InChI=1S/C19H19N5O/c1-19(15-11-22-23(2)12-15)13-24(7-8-25-19)18-14(9-20)10-21-17-6-4-3-5-16(17)18/h3-6,10-12H,7-8,13H2,1-2H3. The summed E-state index contributed by atoms with van der Waals surface area (Å²) in [5.41, 5.74) is 2.99. The van der Waals surface area contributed by atoms with E-state index >= 15 is 0 Å². The first-order valence-corrected chi connectivity index (χ1v) is 8.26. The zero-order valence-corrected chi connectivity index (χ0v) is 14.3. The van der Waals surface area contributed by atoms with Crippen LogP contribution in [0, 0.1) is 11.3 Å². The second-order valence-electron chi connectivity index (χ2n) is 6.55. The fourth-order valence-electron chi connectivity index (χ4n) is 3.48. The number of fused-ring (bicyclic) bond motifs is 1. The van der Waals surface area contributed by atoms with Gasteiger partial charge in [0, 0.05) is 36.9 Å². The molecule has 0 saturated carbocycles. The molecule has 25 heavy (non-hydrogen) atoms. The smallest absolute Gasteiger partial charge is 0.111 e. The SMILES string of the molecule is Cn1cc(C2(C)CN(c3c(C#N)cnc4ccccc34)CCO2)cn1. The minimum Gasteiger partial charge on any atom is -0.367 e. The van der Waals surface area contributed by atoms with E-state index in [0.29, 0.717) is 18.7 Å². The normalized spacial score (nSPS) is 20.6. The molecule has 1 aromatic carbocycles. The van der Waals surface area contributed by atoms with Crippen LogP contribution in [0.4, 0.5) is 5.69 Å². The summed E-state index contributed by atoms with van der Waals surface area (Å²) in [4.78, 5) is 6.65.